The smallest absolute Gasteiger partial charge is 0.244 e. The van der Waals surface area contributed by atoms with Gasteiger partial charge in [0, 0.05) is 13.1 Å². The van der Waals surface area contributed by atoms with Crippen molar-refractivity contribution in [1.29, 1.82) is 0 Å². The fourth-order valence-electron chi connectivity index (χ4n) is 6.32. The first-order chi connectivity index (χ1) is 21.6. The lowest BCUT2D eigenvalue weighted by atomic mass is 10.0. The van der Waals surface area contributed by atoms with Crippen LogP contribution in [0.15, 0.2) is 4.99 Å². The van der Waals surface area contributed by atoms with Crippen LogP contribution in [0.5, 0.6) is 0 Å². The van der Waals surface area contributed by atoms with Gasteiger partial charge in [0.1, 0.15) is 6.54 Å². The minimum absolute atomic E-state index is 0.00289. The van der Waals surface area contributed by atoms with Crippen molar-refractivity contribution in [1.82, 2.24) is 4.90 Å². The van der Waals surface area contributed by atoms with E-state index in [4.69, 9.17) is 11.5 Å². The van der Waals surface area contributed by atoms with Gasteiger partial charge in [-0.25, -0.2) is 4.99 Å². The molecule has 0 aromatic carbocycles. The van der Waals surface area contributed by atoms with Crippen LogP contribution in [0.4, 0.5) is 0 Å². The Morgan fingerprint density at radius 1 is 0.409 bits per heavy atom. The maximum Gasteiger partial charge on any atom is 0.244 e. The van der Waals surface area contributed by atoms with Gasteiger partial charge in [-0.3, -0.25) is 4.79 Å². The number of aliphatic imine (C=N–C) groups is 1. The van der Waals surface area contributed by atoms with E-state index in [2.05, 4.69) is 18.8 Å². The molecule has 0 heterocycles. The summed E-state index contributed by atoms with van der Waals surface area (Å²) < 4.78 is 0. The third-order valence-corrected chi connectivity index (χ3v) is 9.31. The van der Waals surface area contributed by atoms with Crippen LogP contribution in [0.25, 0.3) is 0 Å². The lowest BCUT2D eigenvalue weighted by molar-refractivity contribution is -0.129. The summed E-state index contributed by atoms with van der Waals surface area (Å²) in [7, 11) is 0. The Labute approximate surface area is 276 Å². The molecule has 0 rings (SSSR count). The van der Waals surface area contributed by atoms with Gasteiger partial charge in [0.05, 0.1) is 0 Å². The zero-order valence-electron chi connectivity index (χ0n) is 30.2. The predicted molar refractivity (Wildman–Crippen MR) is 196 cm³/mol. The minimum atomic E-state index is 0.00289. The fraction of sp³-hybridized carbons (Fsp3) is 0.949. The van der Waals surface area contributed by atoms with Crippen molar-refractivity contribution >= 4 is 11.9 Å². The number of nitrogens with zero attached hydrogens (tertiary/aromatic N) is 2. The van der Waals surface area contributed by atoms with E-state index >= 15 is 0 Å². The molecule has 0 aliphatic heterocycles. The molecule has 4 N–H and O–H groups in total. The second-order valence-electron chi connectivity index (χ2n) is 13.7. The molecule has 0 saturated carbocycles. The van der Waals surface area contributed by atoms with Crippen LogP contribution in [0.2, 0.25) is 0 Å². The number of nitrogens with two attached hydrogens (primary N) is 2. The highest BCUT2D eigenvalue weighted by Crippen LogP contribution is 2.16. The summed E-state index contributed by atoms with van der Waals surface area (Å²) in [6, 6.07) is 0. The molecule has 0 fully saturated rings. The molecule has 0 saturated heterocycles. The van der Waals surface area contributed by atoms with Gasteiger partial charge >= 0.3 is 0 Å². The number of unbranched alkanes of at least 4 members (excludes halogenated alkanes) is 30. The molecular formula is C39H80N4O. The van der Waals surface area contributed by atoms with Crippen LogP contribution >= 0.6 is 0 Å². The molecule has 0 spiro atoms. The molecule has 5 heteroatoms. The van der Waals surface area contributed by atoms with Crippen LogP contribution in [0.3, 0.4) is 0 Å². The lowest BCUT2D eigenvalue weighted by Gasteiger charge is -2.22. The average Bonchev–Trinajstić information content (AvgIpc) is 3.02. The topological polar surface area (TPSA) is 84.7 Å². The van der Waals surface area contributed by atoms with Crippen molar-refractivity contribution in [2.45, 2.75) is 219 Å². The third kappa shape index (κ3) is 33.6. The average molecular weight is 621 g/mol. The zero-order valence-corrected chi connectivity index (χ0v) is 30.2. The van der Waals surface area contributed by atoms with Gasteiger partial charge in [-0.05, 0) is 12.8 Å². The van der Waals surface area contributed by atoms with Crippen molar-refractivity contribution in [3.8, 4) is 0 Å². The van der Waals surface area contributed by atoms with Crippen LogP contribution in [-0.4, -0.2) is 36.4 Å². The Bertz CT molecular complexity index is 569. The molecule has 1 amide bonds. The van der Waals surface area contributed by atoms with Gasteiger partial charge in [0.2, 0.25) is 5.91 Å². The Balaban J connectivity index is 3.77. The van der Waals surface area contributed by atoms with E-state index in [0.717, 1.165) is 25.9 Å². The largest absolute Gasteiger partial charge is 0.370 e. The Kier molecular flexibility index (Phi) is 35.2. The number of amides is 1. The molecule has 5 nitrogen and oxygen atoms in total. The first-order valence-corrected chi connectivity index (χ1v) is 19.9. The minimum Gasteiger partial charge on any atom is -0.370 e. The monoisotopic (exact) mass is 621 g/mol. The zero-order chi connectivity index (χ0) is 32.2. The van der Waals surface area contributed by atoms with Crippen molar-refractivity contribution in [3.63, 3.8) is 0 Å². The normalized spacial score (nSPS) is 11.2. The molecule has 0 aromatic rings. The predicted octanol–water partition coefficient (Wildman–Crippen LogP) is 11.6. The van der Waals surface area contributed by atoms with Crippen molar-refractivity contribution < 1.29 is 4.79 Å². The first kappa shape index (κ1) is 42.7. The number of hydrogen-bond acceptors (Lipinski definition) is 2. The maximum absolute atomic E-state index is 12.7. The van der Waals surface area contributed by atoms with E-state index in [-0.39, 0.29) is 18.4 Å². The number of guanidine groups is 1. The molecule has 0 unspecified atom stereocenters. The SMILES string of the molecule is CCCCCCCCCCCCCCCCCCN(CCCCCCCCCCCCCCCCCC)C(=O)CN=C(N)N. The van der Waals surface area contributed by atoms with Crippen molar-refractivity contribution in [2.24, 2.45) is 16.5 Å². The van der Waals surface area contributed by atoms with Crippen LogP contribution in [0.1, 0.15) is 219 Å². The summed E-state index contributed by atoms with van der Waals surface area (Å²) in [5.74, 6) is 0.0726. The summed E-state index contributed by atoms with van der Waals surface area (Å²) in [4.78, 5) is 18.7. The molecule has 44 heavy (non-hydrogen) atoms. The van der Waals surface area contributed by atoms with E-state index in [1.165, 1.54) is 193 Å². The Morgan fingerprint density at radius 3 is 0.864 bits per heavy atom. The van der Waals surface area contributed by atoms with Gasteiger partial charge in [-0.1, -0.05) is 206 Å². The molecule has 0 aliphatic carbocycles. The standard InChI is InChI=1S/C39H80N4O/c1-3-5-7-9-11-13-15-17-19-21-23-25-27-29-31-33-35-43(38(44)37-42-39(40)41)36-34-32-30-28-26-24-22-20-18-16-14-12-10-8-6-4-2/h3-37H2,1-2H3,(H4,40,41,42). The highest BCUT2D eigenvalue weighted by molar-refractivity contribution is 5.83. The highest BCUT2D eigenvalue weighted by atomic mass is 16.2. The number of hydrogen-bond donors (Lipinski definition) is 2. The van der Waals surface area contributed by atoms with Crippen LogP contribution in [0, 0.1) is 0 Å². The van der Waals surface area contributed by atoms with Crippen LogP contribution in [-0.2, 0) is 4.79 Å². The third-order valence-electron chi connectivity index (χ3n) is 9.31. The van der Waals surface area contributed by atoms with Gasteiger partial charge in [-0.2, -0.15) is 0 Å². The molecule has 0 aromatic heterocycles. The summed E-state index contributed by atoms with van der Waals surface area (Å²) >= 11 is 0. The molecule has 0 aliphatic rings. The number of carbonyl (C=O) groups is 1. The number of rotatable bonds is 36. The van der Waals surface area contributed by atoms with Gasteiger partial charge in [-0.15, -0.1) is 0 Å². The van der Waals surface area contributed by atoms with Crippen molar-refractivity contribution in [2.75, 3.05) is 19.6 Å². The summed E-state index contributed by atoms with van der Waals surface area (Å²) in [6.45, 7) is 6.35. The van der Waals surface area contributed by atoms with E-state index < -0.39 is 0 Å². The van der Waals surface area contributed by atoms with Gasteiger partial charge in [0.25, 0.3) is 0 Å². The van der Waals surface area contributed by atoms with E-state index in [9.17, 15) is 4.79 Å². The second-order valence-corrected chi connectivity index (χ2v) is 13.7. The molecule has 0 bridgehead atoms. The highest BCUT2D eigenvalue weighted by Gasteiger charge is 2.12. The summed E-state index contributed by atoms with van der Waals surface area (Å²) in [5, 5.41) is 0. The number of carbonyl (C=O) groups excluding carboxylic acids is 1. The van der Waals surface area contributed by atoms with E-state index in [0.29, 0.717) is 0 Å². The first-order valence-electron chi connectivity index (χ1n) is 19.9. The second kappa shape index (κ2) is 36.2. The Hall–Kier alpha value is -1.26. The lowest BCUT2D eigenvalue weighted by Crippen LogP contribution is -2.35. The summed E-state index contributed by atoms with van der Waals surface area (Å²) in [6.07, 6.45) is 43.7. The maximum atomic E-state index is 12.7. The fourth-order valence-corrected chi connectivity index (χ4v) is 6.32. The molecule has 0 radical (unpaired) electrons. The van der Waals surface area contributed by atoms with Crippen LogP contribution < -0.4 is 11.5 Å². The van der Waals surface area contributed by atoms with E-state index in [1.807, 2.05) is 4.90 Å². The molecular weight excluding hydrogens is 540 g/mol. The quantitative estimate of drug-likeness (QED) is 0.0415. The molecule has 262 valence electrons. The molecule has 0 atom stereocenters. The van der Waals surface area contributed by atoms with E-state index in [1.54, 1.807) is 0 Å². The summed E-state index contributed by atoms with van der Waals surface area (Å²) in [5.41, 5.74) is 11.0. The van der Waals surface area contributed by atoms with Gasteiger partial charge < -0.3 is 16.4 Å². The Morgan fingerprint density at radius 2 is 0.636 bits per heavy atom. The van der Waals surface area contributed by atoms with Crippen molar-refractivity contribution in [3.05, 3.63) is 0 Å². The van der Waals surface area contributed by atoms with Gasteiger partial charge in [0.15, 0.2) is 5.96 Å².